The molecule has 2 aromatic carbocycles. The van der Waals surface area contributed by atoms with Crippen molar-refractivity contribution < 1.29 is 9.18 Å². The minimum Gasteiger partial charge on any atom is -0.325 e. The monoisotopic (exact) mass is 450 g/mol. The fraction of sp³-hybridized carbons (Fsp3) is 0.0909. The lowest BCUT2D eigenvalue weighted by atomic mass is 10.2. The van der Waals surface area contributed by atoms with E-state index in [1.807, 2.05) is 6.07 Å². The average molecular weight is 451 g/mol. The number of nitrogens with zero attached hydrogens (tertiary/aromatic N) is 3. The summed E-state index contributed by atoms with van der Waals surface area (Å²) >= 11 is 2.45. The van der Waals surface area contributed by atoms with E-state index in [0.717, 1.165) is 17.3 Å². The summed E-state index contributed by atoms with van der Waals surface area (Å²) in [5.74, 6) is -0.606. The van der Waals surface area contributed by atoms with E-state index >= 15 is 0 Å². The number of carbonyl (C=O) groups is 1. The van der Waals surface area contributed by atoms with Crippen LogP contribution in [0.5, 0.6) is 0 Å². The lowest BCUT2D eigenvalue weighted by Crippen LogP contribution is -2.24. The smallest absolute Gasteiger partial charge is 0.272 e. The van der Waals surface area contributed by atoms with Crippen LogP contribution in [0.4, 0.5) is 10.1 Å². The Kier molecular flexibility index (Phi) is 6.11. The highest BCUT2D eigenvalue weighted by Crippen LogP contribution is 2.22. The molecule has 2 aromatic heterocycles. The number of benzene rings is 2. The minimum atomic E-state index is -0.352. The van der Waals surface area contributed by atoms with Gasteiger partial charge < -0.3 is 5.32 Å². The highest BCUT2D eigenvalue weighted by molar-refractivity contribution is 7.99. The first-order valence-corrected chi connectivity index (χ1v) is 11.1. The number of anilines is 1. The summed E-state index contributed by atoms with van der Waals surface area (Å²) in [5.41, 5.74) is 2.10. The first-order valence-electron chi connectivity index (χ1n) is 9.19. The number of thioether (sulfide) groups is 1. The van der Waals surface area contributed by atoms with Crippen LogP contribution in [-0.2, 0) is 11.3 Å². The summed E-state index contributed by atoms with van der Waals surface area (Å²) in [6, 6.07) is 16.3. The number of aromatic nitrogens is 2. The molecule has 0 bridgehead atoms. The van der Waals surface area contributed by atoms with Crippen molar-refractivity contribution in [2.24, 2.45) is 0 Å². The van der Waals surface area contributed by atoms with Crippen molar-refractivity contribution in [1.29, 1.82) is 5.26 Å². The molecule has 1 amide bonds. The first kappa shape index (κ1) is 20.8. The quantitative estimate of drug-likeness (QED) is 0.351. The van der Waals surface area contributed by atoms with Gasteiger partial charge in [0.2, 0.25) is 5.91 Å². The van der Waals surface area contributed by atoms with Crippen LogP contribution >= 0.6 is 23.1 Å². The van der Waals surface area contributed by atoms with E-state index < -0.39 is 0 Å². The van der Waals surface area contributed by atoms with Crippen LogP contribution in [0.2, 0.25) is 0 Å². The molecule has 0 atom stereocenters. The Morgan fingerprint density at radius 1 is 1.23 bits per heavy atom. The van der Waals surface area contributed by atoms with Crippen molar-refractivity contribution in [3.63, 3.8) is 0 Å². The van der Waals surface area contributed by atoms with Crippen molar-refractivity contribution >= 4 is 44.9 Å². The van der Waals surface area contributed by atoms with Gasteiger partial charge >= 0.3 is 0 Å². The van der Waals surface area contributed by atoms with Crippen LogP contribution < -0.4 is 10.9 Å². The third kappa shape index (κ3) is 4.82. The zero-order chi connectivity index (χ0) is 21.8. The summed E-state index contributed by atoms with van der Waals surface area (Å²) in [5, 5.41) is 13.9. The molecule has 0 aliphatic rings. The molecule has 4 rings (SSSR count). The molecule has 0 fully saturated rings. The van der Waals surface area contributed by atoms with E-state index in [-0.39, 0.29) is 29.6 Å². The number of halogens is 1. The fourth-order valence-electron chi connectivity index (χ4n) is 2.94. The Hall–Kier alpha value is -3.48. The number of amides is 1. The molecule has 0 aliphatic carbocycles. The number of carbonyl (C=O) groups excluding carboxylic acids is 1. The van der Waals surface area contributed by atoms with E-state index in [1.165, 1.54) is 28.0 Å². The van der Waals surface area contributed by atoms with Gasteiger partial charge in [-0.05, 0) is 47.3 Å². The number of fused-ring (bicyclic) bond motifs is 1. The number of thiophene rings is 1. The maximum absolute atomic E-state index is 13.2. The van der Waals surface area contributed by atoms with Crippen LogP contribution in [0, 0.1) is 17.1 Å². The predicted molar refractivity (Wildman–Crippen MR) is 120 cm³/mol. The van der Waals surface area contributed by atoms with Gasteiger partial charge in [0.1, 0.15) is 10.5 Å². The van der Waals surface area contributed by atoms with Crippen LogP contribution in [0.1, 0.15) is 11.1 Å². The van der Waals surface area contributed by atoms with Crippen molar-refractivity contribution in [1.82, 2.24) is 9.55 Å². The fourth-order valence-corrected chi connectivity index (χ4v) is 4.52. The Bertz CT molecular complexity index is 1360. The Morgan fingerprint density at radius 3 is 2.81 bits per heavy atom. The molecule has 0 radical (unpaired) electrons. The SMILES string of the molecule is N#Cc1cccc(NC(=O)CSc2nc3ccsc3c(=O)n2Cc2ccc(F)cc2)c1. The maximum Gasteiger partial charge on any atom is 0.272 e. The Balaban J connectivity index is 1.57. The summed E-state index contributed by atoms with van der Waals surface area (Å²) in [7, 11) is 0. The molecule has 0 spiro atoms. The molecule has 4 aromatic rings. The molecule has 0 saturated heterocycles. The van der Waals surface area contributed by atoms with Gasteiger partial charge in [-0.2, -0.15) is 5.26 Å². The molecular weight excluding hydrogens is 435 g/mol. The molecule has 0 saturated carbocycles. The van der Waals surface area contributed by atoms with Gasteiger partial charge in [-0.1, -0.05) is 30.0 Å². The largest absolute Gasteiger partial charge is 0.325 e. The van der Waals surface area contributed by atoms with E-state index in [1.54, 1.807) is 47.8 Å². The molecule has 154 valence electrons. The van der Waals surface area contributed by atoms with E-state index in [0.29, 0.717) is 26.6 Å². The third-order valence-corrected chi connectivity index (χ3v) is 6.26. The average Bonchev–Trinajstić information content (AvgIpc) is 3.25. The van der Waals surface area contributed by atoms with Crippen LogP contribution in [0.3, 0.4) is 0 Å². The zero-order valence-corrected chi connectivity index (χ0v) is 17.7. The van der Waals surface area contributed by atoms with Crippen molar-refractivity contribution in [2.75, 3.05) is 11.1 Å². The molecule has 2 heterocycles. The molecular formula is C22H15FN4O2S2. The van der Waals surface area contributed by atoms with Crippen LogP contribution in [0.25, 0.3) is 10.2 Å². The second kappa shape index (κ2) is 9.12. The van der Waals surface area contributed by atoms with E-state index in [4.69, 9.17) is 5.26 Å². The summed E-state index contributed by atoms with van der Waals surface area (Å²) in [4.78, 5) is 30.0. The molecule has 0 aliphatic heterocycles. The first-order chi connectivity index (χ1) is 15.0. The van der Waals surface area contributed by atoms with E-state index in [2.05, 4.69) is 10.3 Å². The number of hydrogen-bond donors (Lipinski definition) is 1. The molecule has 6 nitrogen and oxygen atoms in total. The van der Waals surface area contributed by atoms with Crippen molar-refractivity contribution in [2.45, 2.75) is 11.7 Å². The normalized spacial score (nSPS) is 10.7. The second-order valence-corrected chi connectivity index (χ2v) is 8.44. The maximum atomic E-state index is 13.2. The number of nitriles is 1. The Morgan fingerprint density at radius 2 is 2.03 bits per heavy atom. The molecule has 9 heteroatoms. The Labute approximate surface area is 185 Å². The van der Waals surface area contributed by atoms with Crippen LogP contribution in [0.15, 0.2) is 69.9 Å². The summed E-state index contributed by atoms with van der Waals surface area (Å²) in [6.45, 7) is 0.216. The van der Waals surface area contributed by atoms with Crippen molar-refractivity contribution in [3.05, 3.63) is 87.3 Å². The lowest BCUT2D eigenvalue weighted by molar-refractivity contribution is -0.113. The predicted octanol–water partition coefficient (Wildman–Crippen LogP) is 4.25. The lowest BCUT2D eigenvalue weighted by Gasteiger charge is -2.12. The van der Waals surface area contributed by atoms with Gasteiger partial charge in [0.15, 0.2) is 5.16 Å². The minimum absolute atomic E-state index is 0.0300. The topological polar surface area (TPSA) is 87.8 Å². The van der Waals surface area contributed by atoms with Gasteiger partial charge in [-0.25, -0.2) is 9.37 Å². The highest BCUT2D eigenvalue weighted by Gasteiger charge is 2.15. The van der Waals surface area contributed by atoms with E-state index in [9.17, 15) is 14.0 Å². The molecule has 0 unspecified atom stereocenters. The number of rotatable bonds is 6. The molecule has 1 N–H and O–H groups in total. The standard InChI is InChI=1S/C22H15FN4O2S2/c23-16-6-4-14(5-7-16)12-27-21(29)20-18(8-9-30-20)26-22(27)31-13-19(28)25-17-3-1-2-15(10-17)11-24/h1-10H,12-13H2,(H,25,28). The van der Waals surface area contributed by atoms with Gasteiger partial charge in [0.25, 0.3) is 5.56 Å². The van der Waals surface area contributed by atoms with Gasteiger partial charge in [-0.15, -0.1) is 11.3 Å². The molecule has 31 heavy (non-hydrogen) atoms. The number of nitrogens with one attached hydrogen (secondary N) is 1. The summed E-state index contributed by atoms with van der Waals surface area (Å²) < 4.78 is 15.3. The second-order valence-electron chi connectivity index (χ2n) is 6.58. The van der Waals surface area contributed by atoms with Crippen LogP contribution in [-0.4, -0.2) is 21.2 Å². The van der Waals surface area contributed by atoms with Gasteiger partial charge in [0.05, 0.1) is 29.4 Å². The third-order valence-electron chi connectivity index (χ3n) is 4.39. The highest BCUT2D eigenvalue weighted by atomic mass is 32.2. The summed E-state index contributed by atoms with van der Waals surface area (Å²) in [6.07, 6.45) is 0. The number of hydrogen-bond acceptors (Lipinski definition) is 6. The van der Waals surface area contributed by atoms with Gasteiger partial charge in [-0.3, -0.25) is 14.2 Å². The zero-order valence-electron chi connectivity index (χ0n) is 16.0. The van der Waals surface area contributed by atoms with Gasteiger partial charge in [0, 0.05) is 5.69 Å². The van der Waals surface area contributed by atoms with Crippen molar-refractivity contribution in [3.8, 4) is 6.07 Å².